The third kappa shape index (κ3) is 3.98. The fourth-order valence-electron chi connectivity index (χ4n) is 2.83. The summed E-state index contributed by atoms with van der Waals surface area (Å²) < 4.78 is 22.7. The molecular weight excluding hydrogens is 314 g/mol. The molecule has 3 rings (SSSR count). The number of urea groups is 1. The summed E-state index contributed by atoms with van der Waals surface area (Å²) in [7, 11) is -2.98. The van der Waals surface area contributed by atoms with Crippen molar-refractivity contribution in [3.8, 4) is 0 Å². The minimum Gasteiger partial charge on any atom is -0.338 e. The van der Waals surface area contributed by atoms with Gasteiger partial charge in [0.05, 0.1) is 17.0 Å². The van der Waals surface area contributed by atoms with Crippen molar-refractivity contribution in [1.82, 2.24) is 15.6 Å². The van der Waals surface area contributed by atoms with Gasteiger partial charge in [-0.3, -0.25) is 4.98 Å². The SMILES string of the molecule is O=C(NCCc1cccc2cccnc12)N[C@@H]1CCS(=O)(=O)C1. The molecule has 1 aliphatic heterocycles. The lowest BCUT2D eigenvalue weighted by atomic mass is 10.1. The van der Waals surface area contributed by atoms with Gasteiger partial charge in [0.1, 0.15) is 0 Å². The Balaban J connectivity index is 1.52. The van der Waals surface area contributed by atoms with Crippen LogP contribution < -0.4 is 10.6 Å². The van der Waals surface area contributed by atoms with Crippen LogP contribution in [0.5, 0.6) is 0 Å². The van der Waals surface area contributed by atoms with Crippen LogP contribution in [0.1, 0.15) is 12.0 Å². The first-order chi connectivity index (χ1) is 11.0. The Bertz CT molecular complexity index is 815. The molecule has 0 radical (unpaired) electrons. The van der Waals surface area contributed by atoms with E-state index in [2.05, 4.69) is 15.6 Å². The highest BCUT2D eigenvalue weighted by molar-refractivity contribution is 7.91. The quantitative estimate of drug-likeness (QED) is 0.882. The standard InChI is InChI=1S/C16H19N3O3S/c20-16(19-14-7-10-23(21,22)11-14)18-9-6-13-4-1-3-12-5-2-8-17-15(12)13/h1-5,8,14H,6-7,9-11H2,(H2,18,19,20)/t14-/m1/s1. The van der Waals surface area contributed by atoms with E-state index in [0.717, 1.165) is 16.5 Å². The van der Waals surface area contributed by atoms with E-state index in [9.17, 15) is 13.2 Å². The van der Waals surface area contributed by atoms with Crippen LogP contribution >= 0.6 is 0 Å². The van der Waals surface area contributed by atoms with Crippen molar-refractivity contribution in [3.63, 3.8) is 0 Å². The summed E-state index contributed by atoms with van der Waals surface area (Å²) >= 11 is 0. The van der Waals surface area contributed by atoms with Gasteiger partial charge in [-0.05, 0) is 24.5 Å². The number of benzene rings is 1. The van der Waals surface area contributed by atoms with Crippen LogP contribution in [0.2, 0.25) is 0 Å². The Hall–Kier alpha value is -2.15. The molecule has 0 saturated carbocycles. The van der Waals surface area contributed by atoms with E-state index in [0.29, 0.717) is 19.4 Å². The van der Waals surface area contributed by atoms with Crippen molar-refractivity contribution in [1.29, 1.82) is 0 Å². The highest BCUT2D eigenvalue weighted by atomic mass is 32.2. The number of carbonyl (C=O) groups excluding carboxylic acids is 1. The van der Waals surface area contributed by atoms with Crippen molar-refractivity contribution in [2.24, 2.45) is 0 Å². The first-order valence-corrected chi connectivity index (χ1v) is 9.43. The lowest BCUT2D eigenvalue weighted by Crippen LogP contribution is -2.43. The molecule has 1 aromatic carbocycles. The molecule has 2 heterocycles. The summed E-state index contributed by atoms with van der Waals surface area (Å²) in [6.07, 6.45) is 2.92. The van der Waals surface area contributed by atoms with Crippen LogP contribution in [0, 0.1) is 0 Å². The van der Waals surface area contributed by atoms with Crippen molar-refractivity contribution in [2.45, 2.75) is 18.9 Å². The maximum absolute atomic E-state index is 11.8. The molecule has 1 aromatic heterocycles. The summed E-state index contributed by atoms with van der Waals surface area (Å²) in [5.41, 5.74) is 2.02. The molecule has 1 atom stereocenters. The van der Waals surface area contributed by atoms with Gasteiger partial charge in [0.2, 0.25) is 0 Å². The van der Waals surface area contributed by atoms with Gasteiger partial charge < -0.3 is 10.6 Å². The Morgan fingerprint density at radius 1 is 1.26 bits per heavy atom. The zero-order valence-electron chi connectivity index (χ0n) is 12.7. The fourth-order valence-corrected chi connectivity index (χ4v) is 4.50. The lowest BCUT2D eigenvalue weighted by Gasteiger charge is -2.12. The smallest absolute Gasteiger partial charge is 0.315 e. The van der Waals surface area contributed by atoms with Crippen LogP contribution in [0.3, 0.4) is 0 Å². The summed E-state index contributed by atoms with van der Waals surface area (Å²) in [5, 5.41) is 6.57. The number of carbonyl (C=O) groups is 1. The van der Waals surface area contributed by atoms with E-state index in [-0.39, 0.29) is 23.6 Å². The summed E-state index contributed by atoms with van der Waals surface area (Å²) in [5.74, 6) is 0.188. The van der Waals surface area contributed by atoms with Gasteiger partial charge in [-0.25, -0.2) is 13.2 Å². The molecule has 6 nitrogen and oxygen atoms in total. The van der Waals surface area contributed by atoms with Gasteiger partial charge in [-0.1, -0.05) is 24.3 Å². The second-order valence-electron chi connectivity index (χ2n) is 5.74. The number of aromatic nitrogens is 1. The number of hydrogen-bond acceptors (Lipinski definition) is 4. The Morgan fingerprint density at radius 2 is 2.09 bits per heavy atom. The predicted octanol–water partition coefficient (Wildman–Crippen LogP) is 1.26. The minimum atomic E-state index is -2.98. The normalized spacial score (nSPS) is 19.6. The van der Waals surface area contributed by atoms with Crippen LogP contribution in [0.25, 0.3) is 10.9 Å². The summed E-state index contributed by atoms with van der Waals surface area (Å²) in [6, 6.07) is 9.29. The van der Waals surface area contributed by atoms with E-state index < -0.39 is 9.84 Å². The number of fused-ring (bicyclic) bond motifs is 1. The molecule has 23 heavy (non-hydrogen) atoms. The van der Waals surface area contributed by atoms with Gasteiger partial charge in [-0.2, -0.15) is 0 Å². The number of hydrogen-bond donors (Lipinski definition) is 2. The Kier molecular flexibility index (Phi) is 4.47. The third-order valence-corrected chi connectivity index (χ3v) is 5.73. The largest absolute Gasteiger partial charge is 0.338 e. The van der Waals surface area contributed by atoms with Crippen LogP contribution in [0.4, 0.5) is 4.79 Å². The van der Waals surface area contributed by atoms with E-state index in [1.54, 1.807) is 6.20 Å². The molecule has 1 saturated heterocycles. The molecule has 0 spiro atoms. The first-order valence-electron chi connectivity index (χ1n) is 7.61. The van der Waals surface area contributed by atoms with Gasteiger partial charge in [0, 0.05) is 24.2 Å². The first kappa shape index (κ1) is 15.7. The summed E-state index contributed by atoms with van der Waals surface area (Å²) in [4.78, 5) is 16.2. The number of nitrogens with one attached hydrogen (secondary N) is 2. The van der Waals surface area contributed by atoms with E-state index >= 15 is 0 Å². The average Bonchev–Trinajstić information content (AvgIpc) is 2.86. The average molecular weight is 333 g/mol. The van der Waals surface area contributed by atoms with Crippen molar-refractivity contribution in [2.75, 3.05) is 18.1 Å². The van der Waals surface area contributed by atoms with E-state index in [1.807, 2.05) is 30.3 Å². The topological polar surface area (TPSA) is 88.2 Å². The summed E-state index contributed by atoms with van der Waals surface area (Å²) in [6.45, 7) is 0.473. The van der Waals surface area contributed by atoms with Crippen molar-refractivity contribution in [3.05, 3.63) is 42.1 Å². The molecule has 2 aromatic rings. The lowest BCUT2D eigenvalue weighted by molar-refractivity contribution is 0.238. The van der Waals surface area contributed by atoms with E-state index in [1.165, 1.54) is 0 Å². The number of para-hydroxylation sites is 1. The second-order valence-corrected chi connectivity index (χ2v) is 7.97. The van der Waals surface area contributed by atoms with Gasteiger partial charge in [0.15, 0.2) is 9.84 Å². The number of pyridine rings is 1. The maximum atomic E-state index is 11.8. The van der Waals surface area contributed by atoms with Gasteiger partial charge in [-0.15, -0.1) is 0 Å². The molecule has 0 unspecified atom stereocenters. The fraction of sp³-hybridized carbons (Fsp3) is 0.375. The number of rotatable bonds is 4. The number of sulfone groups is 1. The molecule has 2 N–H and O–H groups in total. The van der Waals surface area contributed by atoms with Gasteiger partial charge >= 0.3 is 6.03 Å². The molecule has 0 bridgehead atoms. The van der Waals surface area contributed by atoms with Crippen LogP contribution in [0.15, 0.2) is 36.5 Å². The molecule has 7 heteroatoms. The van der Waals surface area contributed by atoms with Crippen molar-refractivity contribution < 1.29 is 13.2 Å². The molecule has 1 fully saturated rings. The second kappa shape index (κ2) is 6.54. The molecule has 122 valence electrons. The molecular formula is C16H19N3O3S. The predicted molar refractivity (Wildman–Crippen MR) is 89.0 cm³/mol. The number of nitrogens with zero attached hydrogens (tertiary/aromatic N) is 1. The van der Waals surface area contributed by atoms with Crippen LogP contribution in [-0.4, -0.2) is 43.5 Å². The van der Waals surface area contributed by atoms with Crippen molar-refractivity contribution >= 4 is 26.8 Å². The molecule has 2 amide bonds. The monoisotopic (exact) mass is 333 g/mol. The Labute approximate surface area is 135 Å². The maximum Gasteiger partial charge on any atom is 0.315 e. The van der Waals surface area contributed by atoms with E-state index in [4.69, 9.17) is 0 Å². The molecule has 0 aliphatic carbocycles. The highest BCUT2D eigenvalue weighted by Crippen LogP contribution is 2.16. The highest BCUT2D eigenvalue weighted by Gasteiger charge is 2.28. The Morgan fingerprint density at radius 3 is 2.87 bits per heavy atom. The van der Waals surface area contributed by atoms with Gasteiger partial charge in [0.25, 0.3) is 0 Å². The zero-order valence-corrected chi connectivity index (χ0v) is 13.5. The molecule has 1 aliphatic rings. The minimum absolute atomic E-state index is 0.0354. The zero-order chi connectivity index (χ0) is 16.3. The number of amides is 2. The third-order valence-electron chi connectivity index (χ3n) is 3.96. The van der Waals surface area contributed by atoms with Crippen LogP contribution in [-0.2, 0) is 16.3 Å².